The van der Waals surface area contributed by atoms with E-state index in [9.17, 15) is 9.18 Å². The monoisotopic (exact) mass is 418 g/mol. The van der Waals surface area contributed by atoms with Gasteiger partial charge in [0.1, 0.15) is 22.7 Å². The zero-order chi connectivity index (χ0) is 20.7. The molecular weight excluding hydrogens is 399 g/mol. The lowest BCUT2D eigenvalue weighted by Gasteiger charge is -2.18. The standard InChI is InChI=1S/C24H19FN2O2S/c1-14-2-11-19-20(12-14)30-24-21(19)23(26-13-27-24)29-18-9-5-16(6-10-18)22(28)15-3-7-17(25)8-4-15/h3-10,13-14H,2,11-12H2,1H3/t14-/m1/s1. The minimum Gasteiger partial charge on any atom is -0.438 e. The Morgan fingerprint density at radius 3 is 2.50 bits per heavy atom. The fourth-order valence-electron chi connectivity index (χ4n) is 3.88. The third kappa shape index (κ3) is 3.48. The molecule has 0 bridgehead atoms. The predicted octanol–water partition coefficient (Wildman–Crippen LogP) is 5.98. The van der Waals surface area contributed by atoms with Crippen LogP contribution in [-0.2, 0) is 12.8 Å². The van der Waals surface area contributed by atoms with Crippen molar-refractivity contribution in [2.24, 2.45) is 5.92 Å². The summed E-state index contributed by atoms with van der Waals surface area (Å²) in [6, 6.07) is 12.5. The summed E-state index contributed by atoms with van der Waals surface area (Å²) in [6.07, 6.45) is 4.80. The maximum Gasteiger partial charge on any atom is 0.231 e. The van der Waals surface area contributed by atoms with Crippen LogP contribution in [0.2, 0.25) is 0 Å². The maximum absolute atomic E-state index is 13.1. The van der Waals surface area contributed by atoms with E-state index in [-0.39, 0.29) is 11.6 Å². The topological polar surface area (TPSA) is 52.1 Å². The highest BCUT2D eigenvalue weighted by Crippen LogP contribution is 2.41. The second-order valence-corrected chi connectivity index (χ2v) is 8.76. The highest BCUT2D eigenvalue weighted by atomic mass is 32.1. The molecule has 0 saturated carbocycles. The number of hydrogen-bond donors (Lipinski definition) is 0. The second-order valence-electron chi connectivity index (χ2n) is 7.67. The Morgan fingerprint density at radius 2 is 1.77 bits per heavy atom. The Bertz CT molecular complexity index is 1230. The third-order valence-corrected chi connectivity index (χ3v) is 6.66. The number of fused-ring (bicyclic) bond motifs is 3. The largest absolute Gasteiger partial charge is 0.438 e. The van der Waals surface area contributed by atoms with E-state index < -0.39 is 0 Å². The van der Waals surface area contributed by atoms with Crippen molar-refractivity contribution in [2.45, 2.75) is 26.2 Å². The Kier molecular flexibility index (Phi) is 4.79. The molecule has 0 amide bonds. The first-order valence-electron chi connectivity index (χ1n) is 9.92. The van der Waals surface area contributed by atoms with Crippen LogP contribution >= 0.6 is 11.3 Å². The molecule has 2 aromatic heterocycles. The summed E-state index contributed by atoms with van der Waals surface area (Å²) in [5, 5.41) is 1.01. The van der Waals surface area contributed by atoms with E-state index in [2.05, 4.69) is 16.9 Å². The summed E-state index contributed by atoms with van der Waals surface area (Å²) >= 11 is 1.73. The lowest BCUT2D eigenvalue weighted by atomic mass is 9.89. The molecule has 2 aromatic carbocycles. The number of carbonyl (C=O) groups is 1. The summed E-state index contributed by atoms with van der Waals surface area (Å²) in [7, 11) is 0. The number of nitrogens with zero attached hydrogens (tertiary/aromatic N) is 2. The Labute approximate surface area is 177 Å². The molecular formula is C24H19FN2O2S. The van der Waals surface area contributed by atoms with Gasteiger partial charge < -0.3 is 4.74 Å². The fourth-order valence-corrected chi connectivity index (χ4v) is 5.22. The average Bonchev–Trinajstić information content (AvgIpc) is 3.13. The number of aromatic nitrogens is 2. The summed E-state index contributed by atoms with van der Waals surface area (Å²) in [5.41, 5.74) is 2.28. The first-order chi connectivity index (χ1) is 14.6. The molecule has 0 spiro atoms. The van der Waals surface area contributed by atoms with Crippen LogP contribution in [0.15, 0.2) is 54.9 Å². The SMILES string of the molecule is C[C@@H]1CCc2c(sc3ncnc(Oc4ccc(C(=O)c5ccc(F)cc5)cc4)c23)C1. The molecule has 30 heavy (non-hydrogen) atoms. The van der Waals surface area contributed by atoms with Crippen LogP contribution in [-0.4, -0.2) is 15.8 Å². The van der Waals surface area contributed by atoms with Crippen molar-refractivity contribution in [1.29, 1.82) is 0 Å². The number of halogens is 1. The van der Waals surface area contributed by atoms with Crippen LogP contribution in [0.25, 0.3) is 10.2 Å². The number of aryl methyl sites for hydroxylation is 1. The van der Waals surface area contributed by atoms with Gasteiger partial charge in [0.2, 0.25) is 5.88 Å². The average molecular weight is 418 g/mol. The molecule has 4 aromatic rings. The van der Waals surface area contributed by atoms with Crippen molar-refractivity contribution in [2.75, 3.05) is 0 Å². The number of rotatable bonds is 4. The van der Waals surface area contributed by atoms with Crippen molar-refractivity contribution in [1.82, 2.24) is 9.97 Å². The molecule has 0 saturated heterocycles. The maximum atomic E-state index is 13.1. The molecule has 1 aliphatic carbocycles. The van der Waals surface area contributed by atoms with E-state index in [1.54, 1.807) is 35.6 Å². The highest BCUT2D eigenvalue weighted by molar-refractivity contribution is 7.18. The Balaban J connectivity index is 1.42. The van der Waals surface area contributed by atoms with Crippen molar-refractivity contribution < 1.29 is 13.9 Å². The number of ether oxygens (including phenoxy) is 1. The van der Waals surface area contributed by atoms with Crippen LogP contribution in [0.3, 0.4) is 0 Å². The lowest BCUT2D eigenvalue weighted by molar-refractivity contribution is 0.103. The highest BCUT2D eigenvalue weighted by Gasteiger charge is 2.24. The molecule has 2 heterocycles. The molecule has 1 atom stereocenters. The van der Waals surface area contributed by atoms with Gasteiger partial charge in [-0.05, 0) is 79.3 Å². The van der Waals surface area contributed by atoms with E-state index in [0.29, 0.717) is 28.7 Å². The van der Waals surface area contributed by atoms with E-state index in [1.807, 2.05) is 0 Å². The van der Waals surface area contributed by atoms with Crippen molar-refractivity contribution in [3.05, 3.63) is 82.2 Å². The number of benzene rings is 2. The molecule has 0 aliphatic heterocycles. The molecule has 5 rings (SSSR count). The molecule has 6 heteroatoms. The first-order valence-corrected chi connectivity index (χ1v) is 10.7. The van der Waals surface area contributed by atoms with Crippen LogP contribution < -0.4 is 4.74 Å². The number of ketones is 1. The second kappa shape index (κ2) is 7.61. The normalized spacial score (nSPS) is 15.7. The van der Waals surface area contributed by atoms with Crippen LogP contribution in [0.5, 0.6) is 11.6 Å². The van der Waals surface area contributed by atoms with Gasteiger partial charge in [-0.1, -0.05) is 6.92 Å². The van der Waals surface area contributed by atoms with Gasteiger partial charge in [0.05, 0.1) is 5.39 Å². The van der Waals surface area contributed by atoms with Gasteiger partial charge >= 0.3 is 0 Å². The zero-order valence-electron chi connectivity index (χ0n) is 16.4. The number of thiophene rings is 1. The predicted molar refractivity (Wildman–Crippen MR) is 115 cm³/mol. The lowest BCUT2D eigenvalue weighted by Crippen LogP contribution is -2.08. The minimum absolute atomic E-state index is 0.160. The van der Waals surface area contributed by atoms with Gasteiger partial charge in [-0.25, -0.2) is 14.4 Å². The van der Waals surface area contributed by atoms with Crippen LogP contribution in [0.1, 0.15) is 39.7 Å². The van der Waals surface area contributed by atoms with Crippen LogP contribution in [0.4, 0.5) is 4.39 Å². The molecule has 1 aliphatic rings. The van der Waals surface area contributed by atoms with Gasteiger partial charge in [0.25, 0.3) is 0 Å². The Morgan fingerprint density at radius 1 is 1.07 bits per heavy atom. The van der Waals surface area contributed by atoms with E-state index in [0.717, 1.165) is 29.5 Å². The third-order valence-electron chi connectivity index (χ3n) is 5.49. The summed E-state index contributed by atoms with van der Waals surface area (Å²) in [6.45, 7) is 2.28. The van der Waals surface area contributed by atoms with E-state index in [4.69, 9.17) is 4.74 Å². The van der Waals surface area contributed by atoms with E-state index in [1.165, 1.54) is 41.0 Å². The van der Waals surface area contributed by atoms with Gasteiger partial charge in [0, 0.05) is 16.0 Å². The molecule has 0 fully saturated rings. The van der Waals surface area contributed by atoms with Gasteiger partial charge in [-0.2, -0.15) is 0 Å². The molecule has 150 valence electrons. The smallest absolute Gasteiger partial charge is 0.231 e. The Hall–Kier alpha value is -3.12. The summed E-state index contributed by atoms with van der Waals surface area (Å²) in [5.74, 6) is 1.33. The summed E-state index contributed by atoms with van der Waals surface area (Å²) in [4.78, 5) is 23.7. The van der Waals surface area contributed by atoms with Crippen molar-refractivity contribution in [3.8, 4) is 11.6 Å². The fraction of sp³-hybridized carbons (Fsp3) is 0.208. The molecule has 0 N–H and O–H groups in total. The molecule has 0 unspecified atom stereocenters. The van der Waals surface area contributed by atoms with Gasteiger partial charge in [-0.3, -0.25) is 4.79 Å². The minimum atomic E-state index is -0.364. The van der Waals surface area contributed by atoms with Crippen molar-refractivity contribution >= 4 is 27.3 Å². The first kappa shape index (κ1) is 18.9. The van der Waals surface area contributed by atoms with Crippen molar-refractivity contribution in [3.63, 3.8) is 0 Å². The van der Waals surface area contributed by atoms with Gasteiger partial charge in [-0.15, -0.1) is 11.3 Å². The van der Waals surface area contributed by atoms with E-state index >= 15 is 0 Å². The number of hydrogen-bond acceptors (Lipinski definition) is 5. The number of carbonyl (C=O) groups excluding carboxylic acids is 1. The van der Waals surface area contributed by atoms with Crippen LogP contribution in [0, 0.1) is 11.7 Å². The zero-order valence-corrected chi connectivity index (χ0v) is 17.2. The quantitative estimate of drug-likeness (QED) is 0.383. The molecule has 4 nitrogen and oxygen atoms in total. The molecule has 0 radical (unpaired) electrons. The van der Waals surface area contributed by atoms with Gasteiger partial charge in [0.15, 0.2) is 5.78 Å². The summed E-state index contributed by atoms with van der Waals surface area (Å²) < 4.78 is 19.2.